The Morgan fingerprint density at radius 3 is 2.55 bits per heavy atom. The second-order valence-corrected chi connectivity index (χ2v) is 9.18. The molecule has 29 heavy (non-hydrogen) atoms. The minimum Gasteiger partial charge on any atom is -0.327 e. The predicted molar refractivity (Wildman–Crippen MR) is 107 cm³/mol. The van der Waals surface area contributed by atoms with E-state index in [4.69, 9.17) is 5.73 Å². The highest BCUT2D eigenvalue weighted by atomic mass is 16.2. The summed E-state index contributed by atoms with van der Waals surface area (Å²) in [7, 11) is 0. The number of nitrogens with two attached hydrogens (primary N) is 1. The van der Waals surface area contributed by atoms with Crippen LogP contribution < -0.4 is 11.1 Å². The molecular formula is C22H28N4O3. The van der Waals surface area contributed by atoms with Crippen molar-refractivity contribution in [3.05, 3.63) is 34.9 Å². The van der Waals surface area contributed by atoms with Gasteiger partial charge < -0.3 is 10.6 Å². The van der Waals surface area contributed by atoms with Crippen molar-refractivity contribution in [1.82, 2.24) is 15.1 Å². The third-order valence-corrected chi connectivity index (χ3v) is 7.59. The van der Waals surface area contributed by atoms with Crippen LogP contribution >= 0.6 is 0 Å². The molecule has 3 aliphatic heterocycles. The SMILES string of the molecule is NC1CCC12CCN(Cc1ccc3c(c1)CN(C1CCC(=O)NC1=O)C3=O)CC2. The Balaban J connectivity index is 1.24. The van der Waals surface area contributed by atoms with Crippen LogP contribution in [0.25, 0.3) is 0 Å². The van der Waals surface area contributed by atoms with Crippen molar-refractivity contribution >= 4 is 17.7 Å². The van der Waals surface area contributed by atoms with Gasteiger partial charge in [-0.2, -0.15) is 0 Å². The lowest BCUT2D eigenvalue weighted by atomic mass is 9.60. The number of likely N-dealkylation sites (tertiary alicyclic amines) is 1. The smallest absolute Gasteiger partial charge is 0.255 e. The zero-order valence-corrected chi connectivity index (χ0v) is 16.7. The maximum Gasteiger partial charge on any atom is 0.255 e. The molecule has 3 heterocycles. The molecule has 7 heteroatoms. The fourth-order valence-electron chi connectivity index (χ4n) is 5.48. The normalized spacial score (nSPS) is 29.0. The number of hydrogen-bond acceptors (Lipinski definition) is 5. The van der Waals surface area contributed by atoms with E-state index in [0.717, 1.165) is 25.2 Å². The Labute approximate surface area is 170 Å². The van der Waals surface area contributed by atoms with Crippen LogP contribution in [0.2, 0.25) is 0 Å². The maximum absolute atomic E-state index is 12.8. The predicted octanol–water partition coefficient (Wildman–Crippen LogP) is 1.15. The number of carbonyl (C=O) groups is 3. The Bertz CT molecular complexity index is 875. The second-order valence-electron chi connectivity index (χ2n) is 9.18. The van der Waals surface area contributed by atoms with E-state index in [0.29, 0.717) is 30.0 Å². The molecule has 1 saturated carbocycles. The fourth-order valence-corrected chi connectivity index (χ4v) is 5.48. The second kappa shape index (κ2) is 6.92. The third-order valence-electron chi connectivity index (χ3n) is 7.59. The lowest BCUT2D eigenvalue weighted by Gasteiger charge is -2.52. The zero-order valence-electron chi connectivity index (χ0n) is 16.7. The molecule has 4 aliphatic rings. The average Bonchev–Trinajstić information content (AvgIpc) is 3.03. The summed E-state index contributed by atoms with van der Waals surface area (Å²) in [5, 5.41) is 2.35. The van der Waals surface area contributed by atoms with Crippen molar-refractivity contribution in [2.45, 2.75) is 63.7 Å². The molecule has 3 amide bonds. The van der Waals surface area contributed by atoms with Gasteiger partial charge in [0.1, 0.15) is 6.04 Å². The lowest BCUT2D eigenvalue weighted by Crippen LogP contribution is -2.55. The summed E-state index contributed by atoms with van der Waals surface area (Å²) in [6.45, 7) is 3.47. The first-order valence-corrected chi connectivity index (χ1v) is 10.7. The monoisotopic (exact) mass is 396 g/mol. The number of benzene rings is 1. The van der Waals surface area contributed by atoms with Crippen LogP contribution in [-0.2, 0) is 22.7 Å². The molecule has 1 aromatic rings. The van der Waals surface area contributed by atoms with E-state index in [1.54, 1.807) is 4.90 Å². The zero-order chi connectivity index (χ0) is 20.2. The number of fused-ring (bicyclic) bond motifs is 1. The number of hydrogen-bond donors (Lipinski definition) is 2. The minimum atomic E-state index is -0.555. The van der Waals surface area contributed by atoms with Gasteiger partial charge in [0.2, 0.25) is 11.8 Å². The highest BCUT2D eigenvalue weighted by Gasteiger charge is 2.46. The van der Waals surface area contributed by atoms with Crippen LogP contribution in [-0.4, -0.2) is 52.7 Å². The first kappa shape index (κ1) is 18.8. The van der Waals surface area contributed by atoms with Crippen molar-refractivity contribution in [2.75, 3.05) is 13.1 Å². The Kier molecular flexibility index (Phi) is 4.47. The largest absolute Gasteiger partial charge is 0.327 e. The minimum absolute atomic E-state index is 0.111. The topological polar surface area (TPSA) is 95.7 Å². The van der Waals surface area contributed by atoms with E-state index in [1.165, 1.54) is 31.2 Å². The van der Waals surface area contributed by atoms with Gasteiger partial charge in [0.05, 0.1) is 0 Å². The van der Waals surface area contributed by atoms with Crippen molar-refractivity contribution in [3.63, 3.8) is 0 Å². The molecule has 3 fully saturated rings. The fraction of sp³-hybridized carbons (Fsp3) is 0.591. The molecule has 1 spiro atoms. The van der Waals surface area contributed by atoms with Crippen molar-refractivity contribution in [2.24, 2.45) is 11.1 Å². The van der Waals surface area contributed by atoms with Gasteiger partial charge in [0.15, 0.2) is 0 Å². The molecule has 3 N–H and O–H groups in total. The van der Waals surface area contributed by atoms with Gasteiger partial charge in [-0.05, 0) is 67.8 Å². The van der Waals surface area contributed by atoms with E-state index >= 15 is 0 Å². The summed E-state index contributed by atoms with van der Waals surface area (Å²) >= 11 is 0. The molecular weight excluding hydrogens is 368 g/mol. The molecule has 1 aliphatic carbocycles. The number of piperidine rings is 2. The third kappa shape index (κ3) is 3.16. The number of amides is 3. The van der Waals surface area contributed by atoms with Crippen molar-refractivity contribution < 1.29 is 14.4 Å². The molecule has 5 rings (SSSR count). The van der Waals surface area contributed by atoms with Gasteiger partial charge in [-0.25, -0.2) is 0 Å². The standard InChI is InChI=1S/C22H28N4O3/c23-18-5-6-22(18)7-9-25(10-8-22)12-14-1-2-16-15(11-14)13-26(21(16)29)17-3-4-19(27)24-20(17)28/h1-2,11,17-18H,3-10,12-13,23H2,(H,24,27,28). The molecule has 2 atom stereocenters. The summed E-state index contributed by atoms with van der Waals surface area (Å²) in [5.41, 5.74) is 9.50. The maximum atomic E-state index is 12.8. The quantitative estimate of drug-likeness (QED) is 0.748. The van der Waals surface area contributed by atoms with Gasteiger partial charge in [-0.3, -0.25) is 24.6 Å². The highest BCUT2D eigenvalue weighted by molar-refractivity contribution is 6.05. The number of nitrogens with one attached hydrogen (secondary N) is 1. The number of nitrogens with zero attached hydrogens (tertiary/aromatic N) is 2. The van der Waals surface area contributed by atoms with Gasteiger partial charge in [0, 0.05) is 31.1 Å². The van der Waals surface area contributed by atoms with Crippen LogP contribution in [0.1, 0.15) is 60.0 Å². The van der Waals surface area contributed by atoms with E-state index in [-0.39, 0.29) is 24.1 Å². The highest BCUT2D eigenvalue weighted by Crippen LogP contribution is 2.48. The Hall–Kier alpha value is -2.25. The van der Waals surface area contributed by atoms with Gasteiger partial charge >= 0.3 is 0 Å². The van der Waals surface area contributed by atoms with Crippen LogP contribution in [0.5, 0.6) is 0 Å². The molecule has 1 aromatic carbocycles. The van der Waals surface area contributed by atoms with Gasteiger partial charge in [-0.15, -0.1) is 0 Å². The molecule has 0 radical (unpaired) electrons. The van der Waals surface area contributed by atoms with Crippen molar-refractivity contribution in [1.29, 1.82) is 0 Å². The van der Waals surface area contributed by atoms with Gasteiger partial charge in [-0.1, -0.05) is 12.1 Å². The summed E-state index contributed by atoms with van der Waals surface area (Å²) in [6, 6.07) is 5.87. The molecule has 0 bridgehead atoms. The average molecular weight is 396 g/mol. The van der Waals surface area contributed by atoms with Crippen molar-refractivity contribution in [3.8, 4) is 0 Å². The van der Waals surface area contributed by atoms with Crippen LogP contribution in [0.15, 0.2) is 18.2 Å². The molecule has 2 unspecified atom stereocenters. The summed E-state index contributed by atoms with van der Waals surface area (Å²) < 4.78 is 0. The summed E-state index contributed by atoms with van der Waals surface area (Å²) in [6.07, 6.45) is 5.49. The number of imide groups is 1. The van der Waals surface area contributed by atoms with Crippen LogP contribution in [0.4, 0.5) is 0 Å². The summed E-state index contributed by atoms with van der Waals surface area (Å²) in [4.78, 5) is 40.5. The Morgan fingerprint density at radius 2 is 1.90 bits per heavy atom. The van der Waals surface area contributed by atoms with Crippen LogP contribution in [0.3, 0.4) is 0 Å². The lowest BCUT2D eigenvalue weighted by molar-refractivity contribution is -0.136. The van der Waals surface area contributed by atoms with E-state index in [2.05, 4.69) is 16.3 Å². The molecule has 7 nitrogen and oxygen atoms in total. The van der Waals surface area contributed by atoms with Gasteiger partial charge in [0.25, 0.3) is 5.91 Å². The first-order chi connectivity index (χ1) is 13.9. The van der Waals surface area contributed by atoms with E-state index in [9.17, 15) is 14.4 Å². The number of rotatable bonds is 3. The molecule has 0 aromatic heterocycles. The molecule has 2 saturated heterocycles. The van der Waals surface area contributed by atoms with Crippen LogP contribution in [0, 0.1) is 5.41 Å². The Morgan fingerprint density at radius 1 is 1.10 bits per heavy atom. The van der Waals surface area contributed by atoms with E-state index < -0.39 is 6.04 Å². The number of carbonyl (C=O) groups excluding carboxylic acids is 3. The summed E-state index contributed by atoms with van der Waals surface area (Å²) in [5.74, 6) is -0.733. The molecule has 154 valence electrons. The van der Waals surface area contributed by atoms with E-state index in [1.807, 2.05) is 12.1 Å². The first-order valence-electron chi connectivity index (χ1n) is 10.7.